The van der Waals surface area contributed by atoms with Crippen LogP contribution in [0.3, 0.4) is 0 Å². The molecule has 0 aliphatic rings. The van der Waals surface area contributed by atoms with Gasteiger partial charge in [0.1, 0.15) is 11.3 Å². The van der Waals surface area contributed by atoms with Gasteiger partial charge in [-0.25, -0.2) is 4.79 Å². The Labute approximate surface area is 98.6 Å². The van der Waals surface area contributed by atoms with Gasteiger partial charge in [-0.15, -0.1) is 6.58 Å². The number of aromatic hydroxyl groups is 1. The number of carboxylic acids is 1. The van der Waals surface area contributed by atoms with E-state index in [4.69, 9.17) is 5.11 Å². The molecule has 2 aromatic rings. The molecule has 2 N–H and O–H groups in total. The van der Waals surface area contributed by atoms with Crippen molar-refractivity contribution < 1.29 is 15.0 Å². The minimum Gasteiger partial charge on any atom is -0.506 e. The van der Waals surface area contributed by atoms with Crippen LogP contribution in [0, 0.1) is 0 Å². The van der Waals surface area contributed by atoms with Crippen LogP contribution in [0.2, 0.25) is 0 Å². The molecule has 0 fully saturated rings. The van der Waals surface area contributed by atoms with Crippen molar-refractivity contribution in [1.29, 1.82) is 0 Å². The van der Waals surface area contributed by atoms with Gasteiger partial charge in [-0.2, -0.15) is 0 Å². The fourth-order valence-corrected chi connectivity index (χ4v) is 1.94. The van der Waals surface area contributed by atoms with E-state index in [-0.39, 0.29) is 11.3 Å². The number of carboxylic acid groups (broad SMARTS) is 1. The first-order valence-electron chi connectivity index (χ1n) is 5.23. The second kappa shape index (κ2) is 4.29. The number of fused-ring (bicyclic) bond motifs is 1. The topological polar surface area (TPSA) is 57.5 Å². The summed E-state index contributed by atoms with van der Waals surface area (Å²) in [5.41, 5.74) is 0.535. The van der Waals surface area contributed by atoms with E-state index in [2.05, 4.69) is 6.58 Å². The minimum absolute atomic E-state index is 0.0383. The predicted octanol–water partition coefficient (Wildman–Crippen LogP) is 2.97. The van der Waals surface area contributed by atoms with Crippen molar-refractivity contribution in [2.45, 2.75) is 6.42 Å². The van der Waals surface area contributed by atoms with Gasteiger partial charge in [0, 0.05) is 5.39 Å². The zero-order chi connectivity index (χ0) is 12.4. The Morgan fingerprint density at radius 2 is 2.06 bits per heavy atom. The van der Waals surface area contributed by atoms with Crippen molar-refractivity contribution in [1.82, 2.24) is 0 Å². The summed E-state index contributed by atoms with van der Waals surface area (Å²) in [4.78, 5) is 11.2. The largest absolute Gasteiger partial charge is 0.506 e. The summed E-state index contributed by atoms with van der Waals surface area (Å²) in [5.74, 6) is -1.29. The average molecular weight is 228 g/mol. The SMILES string of the molecule is C=CCc1cc2ccccc2c(O)c1C(=O)O. The molecule has 0 amide bonds. The number of hydrogen-bond acceptors (Lipinski definition) is 2. The zero-order valence-corrected chi connectivity index (χ0v) is 9.18. The van der Waals surface area contributed by atoms with Crippen LogP contribution in [0.1, 0.15) is 15.9 Å². The predicted molar refractivity (Wildman–Crippen MR) is 66.5 cm³/mol. The fraction of sp³-hybridized carbons (Fsp3) is 0.0714. The van der Waals surface area contributed by atoms with Crippen molar-refractivity contribution >= 4 is 16.7 Å². The van der Waals surface area contributed by atoms with Gasteiger partial charge >= 0.3 is 5.97 Å². The molecule has 0 aliphatic heterocycles. The van der Waals surface area contributed by atoms with Crippen LogP contribution in [0.25, 0.3) is 10.8 Å². The van der Waals surface area contributed by atoms with Gasteiger partial charge in [-0.3, -0.25) is 0 Å². The van der Waals surface area contributed by atoms with Gasteiger partial charge in [-0.05, 0) is 23.4 Å². The molecule has 0 heterocycles. The summed E-state index contributed by atoms with van der Waals surface area (Å²) in [6, 6.07) is 8.93. The number of allylic oxidation sites excluding steroid dienone is 1. The molecule has 0 unspecified atom stereocenters. The maximum absolute atomic E-state index is 11.2. The van der Waals surface area contributed by atoms with E-state index in [0.717, 1.165) is 5.39 Å². The molecule has 3 nitrogen and oxygen atoms in total. The molecule has 0 saturated carbocycles. The van der Waals surface area contributed by atoms with Crippen LogP contribution < -0.4 is 0 Å². The summed E-state index contributed by atoms with van der Waals surface area (Å²) >= 11 is 0. The van der Waals surface area contributed by atoms with Crippen molar-refractivity contribution in [3.8, 4) is 5.75 Å². The lowest BCUT2D eigenvalue weighted by molar-refractivity contribution is 0.0693. The van der Waals surface area contributed by atoms with E-state index in [1.165, 1.54) is 0 Å². The second-order valence-electron chi connectivity index (χ2n) is 3.78. The van der Waals surface area contributed by atoms with Crippen LogP contribution in [-0.2, 0) is 6.42 Å². The van der Waals surface area contributed by atoms with Crippen LogP contribution >= 0.6 is 0 Å². The van der Waals surface area contributed by atoms with Crippen molar-refractivity contribution in [3.63, 3.8) is 0 Å². The lowest BCUT2D eigenvalue weighted by Crippen LogP contribution is -2.03. The second-order valence-corrected chi connectivity index (χ2v) is 3.78. The zero-order valence-electron chi connectivity index (χ0n) is 9.18. The first-order chi connectivity index (χ1) is 8.15. The van der Waals surface area contributed by atoms with Crippen LogP contribution in [-0.4, -0.2) is 16.2 Å². The summed E-state index contributed by atoms with van der Waals surface area (Å²) in [7, 11) is 0. The Hall–Kier alpha value is -2.29. The Bertz CT molecular complexity index is 600. The molecule has 0 aromatic heterocycles. The molecule has 2 aromatic carbocycles. The minimum atomic E-state index is -1.12. The quantitative estimate of drug-likeness (QED) is 0.794. The third-order valence-electron chi connectivity index (χ3n) is 2.68. The molecule has 2 rings (SSSR count). The molecule has 17 heavy (non-hydrogen) atoms. The molecule has 3 heteroatoms. The number of phenols is 1. The number of carbonyl (C=O) groups is 1. The van der Waals surface area contributed by atoms with Gasteiger partial charge in [-0.1, -0.05) is 30.3 Å². The summed E-state index contributed by atoms with van der Waals surface area (Å²) in [6.45, 7) is 3.59. The molecule has 0 aliphatic carbocycles. The van der Waals surface area contributed by atoms with E-state index >= 15 is 0 Å². The number of aromatic carboxylic acids is 1. The normalized spacial score (nSPS) is 10.4. The standard InChI is InChI=1S/C14H12O3/c1-2-5-10-8-9-6-3-4-7-11(9)13(15)12(10)14(16)17/h2-4,6-8,15H,1,5H2,(H,16,17). The van der Waals surface area contributed by atoms with Gasteiger partial charge < -0.3 is 10.2 Å². The summed E-state index contributed by atoms with van der Waals surface area (Å²) < 4.78 is 0. The fourth-order valence-electron chi connectivity index (χ4n) is 1.94. The van der Waals surface area contributed by atoms with Crippen LogP contribution in [0.15, 0.2) is 43.0 Å². The van der Waals surface area contributed by atoms with Gasteiger partial charge in [0.15, 0.2) is 0 Å². The molecule has 0 saturated heterocycles. The van der Waals surface area contributed by atoms with Crippen molar-refractivity contribution in [2.24, 2.45) is 0 Å². The lowest BCUT2D eigenvalue weighted by atomic mass is 9.97. The molecule has 86 valence electrons. The monoisotopic (exact) mass is 228 g/mol. The Balaban J connectivity index is 2.83. The molecule has 0 radical (unpaired) electrons. The highest BCUT2D eigenvalue weighted by molar-refractivity contribution is 6.02. The van der Waals surface area contributed by atoms with E-state index in [0.29, 0.717) is 17.4 Å². The average Bonchev–Trinajstić information content (AvgIpc) is 2.29. The Morgan fingerprint density at radius 3 is 2.71 bits per heavy atom. The van der Waals surface area contributed by atoms with Crippen LogP contribution in [0.5, 0.6) is 5.75 Å². The highest BCUT2D eigenvalue weighted by atomic mass is 16.4. The van der Waals surface area contributed by atoms with Gasteiger partial charge in [0.2, 0.25) is 0 Å². The first kappa shape index (κ1) is 11.2. The Morgan fingerprint density at radius 1 is 1.35 bits per heavy atom. The molecular weight excluding hydrogens is 216 g/mol. The van der Waals surface area contributed by atoms with Gasteiger partial charge in [0.05, 0.1) is 0 Å². The third-order valence-corrected chi connectivity index (χ3v) is 2.68. The van der Waals surface area contributed by atoms with Gasteiger partial charge in [0.25, 0.3) is 0 Å². The molecular formula is C14H12O3. The molecule has 0 bridgehead atoms. The summed E-state index contributed by atoms with van der Waals surface area (Å²) in [6.07, 6.45) is 2.04. The first-order valence-corrected chi connectivity index (χ1v) is 5.23. The maximum Gasteiger partial charge on any atom is 0.339 e. The van der Waals surface area contributed by atoms with E-state index in [1.54, 1.807) is 24.3 Å². The number of rotatable bonds is 3. The van der Waals surface area contributed by atoms with Crippen LogP contribution in [0.4, 0.5) is 0 Å². The highest BCUT2D eigenvalue weighted by Gasteiger charge is 2.17. The van der Waals surface area contributed by atoms with Crippen molar-refractivity contribution in [2.75, 3.05) is 0 Å². The number of benzene rings is 2. The Kier molecular flexibility index (Phi) is 2.83. The van der Waals surface area contributed by atoms with E-state index < -0.39 is 5.97 Å². The highest BCUT2D eigenvalue weighted by Crippen LogP contribution is 2.32. The van der Waals surface area contributed by atoms with E-state index in [9.17, 15) is 9.90 Å². The summed E-state index contributed by atoms with van der Waals surface area (Å²) in [5, 5.41) is 20.5. The molecule has 0 spiro atoms. The smallest absolute Gasteiger partial charge is 0.339 e. The number of hydrogen-bond donors (Lipinski definition) is 2. The van der Waals surface area contributed by atoms with E-state index in [1.807, 2.05) is 12.1 Å². The maximum atomic E-state index is 11.2. The van der Waals surface area contributed by atoms with Crippen molar-refractivity contribution in [3.05, 3.63) is 54.1 Å². The lowest BCUT2D eigenvalue weighted by Gasteiger charge is -2.09. The molecule has 0 atom stereocenters. The third kappa shape index (κ3) is 1.87.